The van der Waals surface area contributed by atoms with Gasteiger partial charge in [0.2, 0.25) is 11.8 Å². The van der Waals surface area contributed by atoms with Crippen molar-refractivity contribution in [2.75, 3.05) is 17.2 Å². The molecule has 4 heterocycles. The molecule has 0 bridgehead atoms. The Labute approximate surface area is 237 Å². The molecule has 0 fully saturated rings. The lowest BCUT2D eigenvalue weighted by Gasteiger charge is -2.24. The monoisotopic (exact) mass is 559 g/mol. The second-order valence-electron chi connectivity index (χ2n) is 10.9. The topological polar surface area (TPSA) is 80.1 Å². The Morgan fingerprint density at radius 1 is 1.15 bits per heavy atom. The van der Waals surface area contributed by atoms with E-state index < -0.39 is 0 Å². The number of carbonyl (C=O) groups is 2. The van der Waals surface area contributed by atoms with Crippen LogP contribution in [0.25, 0.3) is 5.69 Å². The van der Waals surface area contributed by atoms with Gasteiger partial charge in [-0.3, -0.25) is 19.5 Å². The number of aromatic nitrogens is 3. The normalized spacial score (nSPS) is 15.7. The Hall–Kier alpha value is -3.43. The van der Waals surface area contributed by atoms with Crippen molar-refractivity contribution in [3.05, 3.63) is 93.1 Å². The number of aryl methyl sites for hydroxylation is 2. The van der Waals surface area contributed by atoms with E-state index in [0.717, 1.165) is 39.3 Å². The molecule has 1 aromatic carbocycles. The number of hydrogen-bond acceptors (Lipinski definition) is 6. The highest BCUT2D eigenvalue weighted by molar-refractivity contribution is 8.00. The first-order valence-electron chi connectivity index (χ1n) is 12.9. The number of anilines is 1. The molecule has 202 valence electrons. The number of amides is 2. The quantitative estimate of drug-likeness (QED) is 0.326. The molecule has 4 aromatic rings. The van der Waals surface area contributed by atoms with Gasteiger partial charge >= 0.3 is 0 Å². The van der Waals surface area contributed by atoms with E-state index in [1.807, 2.05) is 28.9 Å². The molecule has 0 spiro atoms. The zero-order valence-electron chi connectivity index (χ0n) is 22.9. The van der Waals surface area contributed by atoms with Crippen molar-refractivity contribution in [3.8, 4) is 5.69 Å². The van der Waals surface area contributed by atoms with Gasteiger partial charge in [0.15, 0.2) is 0 Å². The Morgan fingerprint density at radius 3 is 2.64 bits per heavy atom. The third kappa shape index (κ3) is 5.65. The molecule has 1 aliphatic rings. The van der Waals surface area contributed by atoms with E-state index >= 15 is 0 Å². The summed E-state index contributed by atoms with van der Waals surface area (Å²) in [5.74, 6) is 0.577. The first-order chi connectivity index (χ1) is 18.6. The molecular weight excluding hydrogens is 526 g/mol. The number of rotatable bonds is 6. The minimum Gasteiger partial charge on any atom is -0.349 e. The Morgan fingerprint density at radius 2 is 1.97 bits per heavy atom. The lowest BCUT2D eigenvalue weighted by molar-refractivity contribution is -0.123. The molecule has 9 heteroatoms. The molecule has 0 radical (unpaired) electrons. The summed E-state index contributed by atoms with van der Waals surface area (Å²) < 4.78 is 1.89. The van der Waals surface area contributed by atoms with Gasteiger partial charge in [-0.05, 0) is 60.0 Å². The van der Waals surface area contributed by atoms with Crippen LogP contribution in [0, 0.1) is 13.8 Å². The van der Waals surface area contributed by atoms with E-state index in [1.165, 1.54) is 0 Å². The fourth-order valence-corrected chi connectivity index (χ4v) is 6.82. The van der Waals surface area contributed by atoms with E-state index in [1.54, 1.807) is 34.2 Å². The highest BCUT2D eigenvalue weighted by Crippen LogP contribution is 2.48. The number of thioether (sulfide) groups is 1. The molecular formula is C30H33N5O2S2. The van der Waals surface area contributed by atoms with Crippen LogP contribution in [0.2, 0.25) is 0 Å². The highest BCUT2D eigenvalue weighted by atomic mass is 32.2. The van der Waals surface area contributed by atoms with Gasteiger partial charge in [-0.15, -0.1) is 11.8 Å². The summed E-state index contributed by atoms with van der Waals surface area (Å²) in [6, 6.07) is 13.9. The molecule has 1 N–H and O–H groups in total. The van der Waals surface area contributed by atoms with E-state index in [-0.39, 0.29) is 34.8 Å². The zero-order chi connectivity index (χ0) is 27.7. The smallest absolute Gasteiger partial charge is 0.240 e. The first kappa shape index (κ1) is 27.1. The molecule has 7 nitrogen and oxygen atoms in total. The lowest BCUT2D eigenvalue weighted by atomic mass is 9.87. The number of pyridine rings is 1. The van der Waals surface area contributed by atoms with Crippen LogP contribution in [0.4, 0.5) is 5.82 Å². The van der Waals surface area contributed by atoms with Crippen LogP contribution < -0.4 is 10.2 Å². The predicted molar refractivity (Wildman–Crippen MR) is 159 cm³/mol. The highest BCUT2D eigenvalue weighted by Gasteiger charge is 2.40. The van der Waals surface area contributed by atoms with Crippen LogP contribution in [-0.4, -0.2) is 38.9 Å². The Bertz CT molecular complexity index is 1490. The third-order valence-electron chi connectivity index (χ3n) is 6.72. The van der Waals surface area contributed by atoms with Gasteiger partial charge in [-0.25, -0.2) is 4.68 Å². The average molecular weight is 560 g/mol. The summed E-state index contributed by atoms with van der Waals surface area (Å²) in [7, 11) is 0. The number of hydrogen-bond donors (Lipinski definition) is 1. The lowest BCUT2D eigenvalue weighted by Crippen LogP contribution is -2.42. The summed E-state index contributed by atoms with van der Waals surface area (Å²) in [6.45, 7) is 10.8. The molecule has 0 saturated carbocycles. The minimum atomic E-state index is -0.289. The minimum absolute atomic E-state index is 0.0782. The number of nitrogens with zero attached hydrogens (tertiary/aromatic N) is 4. The number of fused-ring (bicyclic) bond motifs is 1. The van der Waals surface area contributed by atoms with Gasteiger partial charge in [0.25, 0.3) is 0 Å². The third-order valence-corrected chi connectivity index (χ3v) is 8.68. The molecule has 5 rings (SSSR count). The molecule has 0 saturated heterocycles. The summed E-state index contributed by atoms with van der Waals surface area (Å²) in [5, 5.41) is 12.3. The zero-order valence-corrected chi connectivity index (χ0v) is 24.5. The predicted octanol–water partition coefficient (Wildman–Crippen LogP) is 5.73. The van der Waals surface area contributed by atoms with Crippen molar-refractivity contribution in [2.45, 2.75) is 51.8 Å². The van der Waals surface area contributed by atoms with Crippen molar-refractivity contribution in [1.29, 1.82) is 0 Å². The number of nitrogens with one attached hydrogen (secondary N) is 1. The summed E-state index contributed by atoms with van der Waals surface area (Å²) in [5.41, 5.74) is 6.64. The van der Waals surface area contributed by atoms with Crippen molar-refractivity contribution in [1.82, 2.24) is 20.1 Å². The van der Waals surface area contributed by atoms with Gasteiger partial charge < -0.3 is 5.32 Å². The van der Waals surface area contributed by atoms with Gasteiger partial charge in [0, 0.05) is 17.2 Å². The summed E-state index contributed by atoms with van der Waals surface area (Å²) in [6.07, 6.45) is 1.70. The van der Waals surface area contributed by atoms with Crippen molar-refractivity contribution >= 4 is 40.7 Å². The van der Waals surface area contributed by atoms with Gasteiger partial charge in [-0.2, -0.15) is 16.4 Å². The van der Waals surface area contributed by atoms with E-state index in [2.05, 4.69) is 73.9 Å². The van der Waals surface area contributed by atoms with Gasteiger partial charge in [0.1, 0.15) is 12.4 Å². The van der Waals surface area contributed by atoms with Gasteiger partial charge in [0.05, 0.1) is 34.6 Å². The Kier molecular flexibility index (Phi) is 7.64. The average Bonchev–Trinajstić information content (AvgIpc) is 3.53. The molecule has 1 aliphatic heterocycles. The van der Waals surface area contributed by atoms with E-state index in [9.17, 15) is 9.59 Å². The Balaban J connectivity index is 1.65. The van der Waals surface area contributed by atoms with Crippen molar-refractivity contribution in [3.63, 3.8) is 0 Å². The van der Waals surface area contributed by atoms with Crippen LogP contribution >= 0.6 is 23.1 Å². The largest absolute Gasteiger partial charge is 0.349 e. The molecule has 1 atom stereocenters. The standard InChI is InChI=1S/C30H33N5O2S2/c1-19-9-10-23(20(2)14-19)35-29-26(28(33-35)30(3,4)5)27(21-11-13-38-17-21)39-18-25(37)34(29)16-24(36)32-15-22-8-6-7-12-31-22/h6-14,17,27H,15-16,18H2,1-5H3,(H,32,36). The maximum atomic E-state index is 13.8. The maximum absolute atomic E-state index is 13.8. The molecule has 2 amide bonds. The summed E-state index contributed by atoms with van der Waals surface area (Å²) in [4.78, 5) is 32.9. The fraction of sp³-hybridized carbons (Fsp3) is 0.333. The van der Waals surface area contributed by atoms with Crippen molar-refractivity contribution in [2.24, 2.45) is 0 Å². The van der Waals surface area contributed by atoms with Crippen LogP contribution in [-0.2, 0) is 21.5 Å². The molecule has 1 unspecified atom stereocenters. The van der Waals surface area contributed by atoms with Crippen LogP contribution in [0.15, 0.2) is 59.4 Å². The first-order valence-corrected chi connectivity index (χ1v) is 14.9. The number of thiophene rings is 1. The number of carbonyl (C=O) groups excluding carboxylic acids is 2. The van der Waals surface area contributed by atoms with Crippen LogP contribution in [0.3, 0.4) is 0 Å². The molecule has 0 aliphatic carbocycles. The van der Waals surface area contributed by atoms with Crippen molar-refractivity contribution < 1.29 is 9.59 Å². The van der Waals surface area contributed by atoms with E-state index in [4.69, 9.17) is 5.10 Å². The second-order valence-corrected chi connectivity index (χ2v) is 12.7. The fourth-order valence-electron chi connectivity index (χ4n) is 4.86. The SMILES string of the molecule is Cc1ccc(-n2nc(C(C)(C)C)c3c2N(CC(=O)NCc2ccccn2)C(=O)CSC3c2ccsc2)c(C)c1. The number of benzene rings is 1. The summed E-state index contributed by atoms with van der Waals surface area (Å²) >= 11 is 3.24. The second kappa shape index (κ2) is 11.0. The van der Waals surface area contributed by atoms with E-state index in [0.29, 0.717) is 12.4 Å². The molecule has 3 aromatic heterocycles. The van der Waals surface area contributed by atoms with Gasteiger partial charge in [-0.1, -0.05) is 44.5 Å². The maximum Gasteiger partial charge on any atom is 0.240 e. The molecule has 39 heavy (non-hydrogen) atoms. The van der Waals surface area contributed by atoms with Crippen LogP contribution in [0.5, 0.6) is 0 Å². The van der Waals surface area contributed by atoms with Crippen LogP contribution in [0.1, 0.15) is 59.7 Å².